The summed E-state index contributed by atoms with van der Waals surface area (Å²) in [4.78, 5) is 15.0. The number of fused-ring (bicyclic) bond motifs is 1. The highest BCUT2D eigenvalue weighted by molar-refractivity contribution is 5.75. The third-order valence-corrected chi connectivity index (χ3v) is 6.30. The molecule has 27 heavy (non-hydrogen) atoms. The second-order valence-corrected chi connectivity index (χ2v) is 8.07. The number of aryl methyl sites for hydroxylation is 2. The lowest BCUT2D eigenvalue weighted by Crippen LogP contribution is -2.42. The molecule has 1 saturated carbocycles. The van der Waals surface area contributed by atoms with Crippen molar-refractivity contribution in [3.8, 4) is 0 Å². The van der Waals surface area contributed by atoms with Gasteiger partial charge >= 0.3 is 6.03 Å². The Morgan fingerprint density at radius 1 is 1.33 bits per heavy atom. The Balaban J connectivity index is 1.49. The molecule has 2 aromatic rings. The van der Waals surface area contributed by atoms with Gasteiger partial charge < -0.3 is 14.6 Å². The predicted octanol–water partition coefficient (Wildman–Crippen LogP) is 3.90. The average Bonchev–Trinajstić information content (AvgIpc) is 3.34. The molecule has 4 rings (SSSR count). The van der Waals surface area contributed by atoms with Crippen molar-refractivity contribution < 1.29 is 9.21 Å². The largest absolute Gasteiger partial charge is 0.425 e. The van der Waals surface area contributed by atoms with Gasteiger partial charge in [-0.3, -0.25) is 0 Å². The Morgan fingerprint density at radius 3 is 2.78 bits per heavy atom. The summed E-state index contributed by atoms with van der Waals surface area (Å²) in [5, 5.41) is 11.6. The number of aromatic nitrogens is 2. The van der Waals surface area contributed by atoms with Crippen LogP contribution >= 0.6 is 0 Å². The number of amides is 2. The summed E-state index contributed by atoms with van der Waals surface area (Å²) >= 11 is 0. The zero-order valence-electron chi connectivity index (χ0n) is 16.4. The minimum Gasteiger partial charge on any atom is -0.425 e. The number of hydrogen-bond donors (Lipinski definition) is 1. The molecule has 1 aliphatic carbocycles. The average molecular weight is 368 g/mol. The van der Waals surface area contributed by atoms with E-state index in [1.807, 2.05) is 11.8 Å². The Morgan fingerprint density at radius 2 is 2.11 bits per heavy atom. The van der Waals surface area contributed by atoms with E-state index in [9.17, 15) is 4.79 Å². The zero-order valence-corrected chi connectivity index (χ0v) is 16.4. The number of carbonyl (C=O) groups is 1. The Kier molecular flexibility index (Phi) is 4.66. The maximum atomic E-state index is 13.0. The summed E-state index contributed by atoms with van der Waals surface area (Å²) in [7, 11) is 0. The highest BCUT2D eigenvalue weighted by Crippen LogP contribution is 2.50. The molecule has 1 N–H and O–H groups in total. The van der Waals surface area contributed by atoms with Gasteiger partial charge in [0.25, 0.3) is 0 Å². The summed E-state index contributed by atoms with van der Waals surface area (Å²) in [6, 6.07) is 8.43. The van der Waals surface area contributed by atoms with Crippen molar-refractivity contribution in [1.82, 2.24) is 20.4 Å². The summed E-state index contributed by atoms with van der Waals surface area (Å²) < 4.78 is 5.80. The topological polar surface area (TPSA) is 71.3 Å². The van der Waals surface area contributed by atoms with Crippen molar-refractivity contribution >= 4 is 6.03 Å². The van der Waals surface area contributed by atoms with Gasteiger partial charge in [0.05, 0.1) is 11.5 Å². The SMILES string of the molecule is CCC(NC(=O)N1C[C@@H]2CCC[C@]2(c2nnc(C)o2)C1)c1ccc(C)cc1. The number of carbonyl (C=O) groups excluding carboxylic acids is 1. The standard InChI is InChI=1S/C21H28N4O2/c1-4-18(16-9-7-14(2)8-10-16)22-20(26)25-12-17-6-5-11-21(17,13-25)19-24-23-15(3)27-19/h7-10,17-18H,4-6,11-13H2,1-3H3,(H,22,26)/t17-,18?,21-/m0/s1. The molecule has 0 spiro atoms. The van der Waals surface area contributed by atoms with E-state index in [0.29, 0.717) is 24.2 Å². The van der Waals surface area contributed by atoms with Crippen molar-refractivity contribution in [2.24, 2.45) is 5.92 Å². The molecule has 1 saturated heterocycles. The summed E-state index contributed by atoms with van der Waals surface area (Å²) in [6.45, 7) is 7.42. The second-order valence-electron chi connectivity index (χ2n) is 8.07. The molecule has 0 bridgehead atoms. The molecule has 1 unspecified atom stereocenters. The molecular formula is C21H28N4O2. The maximum absolute atomic E-state index is 13.0. The van der Waals surface area contributed by atoms with Crippen LogP contribution < -0.4 is 5.32 Å². The van der Waals surface area contributed by atoms with Gasteiger partial charge in [0, 0.05) is 20.0 Å². The molecule has 1 aromatic carbocycles. The smallest absolute Gasteiger partial charge is 0.317 e. The minimum atomic E-state index is -0.163. The van der Waals surface area contributed by atoms with Crippen LogP contribution in [0.3, 0.4) is 0 Å². The van der Waals surface area contributed by atoms with Gasteiger partial charge in [-0.1, -0.05) is 43.2 Å². The highest BCUT2D eigenvalue weighted by atomic mass is 16.4. The summed E-state index contributed by atoms with van der Waals surface area (Å²) in [5.41, 5.74) is 2.21. The molecule has 2 fully saturated rings. The lowest BCUT2D eigenvalue weighted by Gasteiger charge is -2.26. The first kappa shape index (κ1) is 18.0. The fourth-order valence-electron chi connectivity index (χ4n) is 4.75. The molecular weight excluding hydrogens is 340 g/mol. The van der Waals surface area contributed by atoms with E-state index in [-0.39, 0.29) is 17.5 Å². The van der Waals surface area contributed by atoms with Gasteiger partial charge in [0.1, 0.15) is 0 Å². The first-order chi connectivity index (χ1) is 13.0. The van der Waals surface area contributed by atoms with E-state index < -0.39 is 0 Å². The van der Waals surface area contributed by atoms with Crippen LogP contribution in [0.5, 0.6) is 0 Å². The third-order valence-electron chi connectivity index (χ3n) is 6.30. The van der Waals surface area contributed by atoms with E-state index in [2.05, 4.69) is 53.6 Å². The Bertz CT molecular complexity index is 816. The van der Waals surface area contributed by atoms with Crippen LogP contribution in [0.2, 0.25) is 0 Å². The lowest BCUT2D eigenvalue weighted by atomic mass is 9.80. The number of rotatable bonds is 4. The van der Waals surface area contributed by atoms with E-state index in [4.69, 9.17) is 4.42 Å². The first-order valence-electron chi connectivity index (χ1n) is 9.94. The molecule has 144 valence electrons. The number of nitrogens with one attached hydrogen (secondary N) is 1. The Labute approximate surface area is 160 Å². The van der Waals surface area contributed by atoms with Crippen LogP contribution in [0.1, 0.15) is 61.6 Å². The quantitative estimate of drug-likeness (QED) is 0.888. The number of urea groups is 1. The minimum absolute atomic E-state index is 0.00689. The van der Waals surface area contributed by atoms with E-state index in [0.717, 1.165) is 37.8 Å². The number of nitrogens with zero attached hydrogens (tertiary/aromatic N) is 3. The third kappa shape index (κ3) is 3.22. The second kappa shape index (κ2) is 6.98. The molecule has 1 aliphatic heterocycles. The molecule has 3 atom stereocenters. The fraction of sp³-hybridized carbons (Fsp3) is 0.571. The van der Waals surface area contributed by atoms with Crippen molar-refractivity contribution in [1.29, 1.82) is 0 Å². The van der Waals surface area contributed by atoms with Gasteiger partial charge in [0.2, 0.25) is 11.8 Å². The molecule has 1 aromatic heterocycles. The zero-order chi connectivity index (χ0) is 19.0. The van der Waals surface area contributed by atoms with Gasteiger partial charge in [-0.2, -0.15) is 0 Å². The van der Waals surface area contributed by atoms with Gasteiger partial charge in [-0.25, -0.2) is 4.79 Å². The van der Waals surface area contributed by atoms with Crippen LogP contribution in [0.25, 0.3) is 0 Å². The maximum Gasteiger partial charge on any atom is 0.317 e. The molecule has 0 radical (unpaired) electrons. The highest BCUT2D eigenvalue weighted by Gasteiger charge is 2.55. The van der Waals surface area contributed by atoms with Gasteiger partial charge in [0.15, 0.2) is 0 Å². The molecule has 6 nitrogen and oxygen atoms in total. The van der Waals surface area contributed by atoms with Gasteiger partial charge in [-0.15, -0.1) is 10.2 Å². The van der Waals surface area contributed by atoms with Crippen molar-refractivity contribution in [3.05, 3.63) is 47.2 Å². The molecule has 2 heterocycles. The summed E-state index contributed by atoms with van der Waals surface area (Å²) in [5.74, 6) is 1.71. The number of benzene rings is 1. The fourth-order valence-corrected chi connectivity index (χ4v) is 4.75. The van der Waals surface area contributed by atoms with Crippen LogP contribution in [0.15, 0.2) is 28.7 Å². The molecule has 2 aliphatic rings. The van der Waals surface area contributed by atoms with Crippen LogP contribution in [0.4, 0.5) is 4.79 Å². The van der Waals surface area contributed by atoms with Crippen LogP contribution in [0, 0.1) is 19.8 Å². The first-order valence-corrected chi connectivity index (χ1v) is 9.94. The van der Waals surface area contributed by atoms with Crippen LogP contribution in [-0.2, 0) is 5.41 Å². The van der Waals surface area contributed by atoms with Gasteiger partial charge in [-0.05, 0) is 37.7 Å². The van der Waals surface area contributed by atoms with E-state index >= 15 is 0 Å². The lowest BCUT2D eigenvalue weighted by molar-refractivity contribution is 0.197. The summed E-state index contributed by atoms with van der Waals surface area (Å²) in [6.07, 6.45) is 4.14. The van der Waals surface area contributed by atoms with E-state index in [1.54, 1.807) is 0 Å². The normalized spacial score (nSPS) is 25.4. The van der Waals surface area contributed by atoms with Crippen LogP contribution in [-0.4, -0.2) is 34.2 Å². The number of likely N-dealkylation sites (tertiary alicyclic amines) is 1. The number of hydrogen-bond acceptors (Lipinski definition) is 4. The Hall–Kier alpha value is -2.37. The predicted molar refractivity (Wildman–Crippen MR) is 102 cm³/mol. The van der Waals surface area contributed by atoms with Crippen molar-refractivity contribution in [2.45, 2.75) is 57.9 Å². The molecule has 2 amide bonds. The van der Waals surface area contributed by atoms with Crippen molar-refractivity contribution in [3.63, 3.8) is 0 Å². The van der Waals surface area contributed by atoms with E-state index in [1.165, 1.54) is 5.56 Å². The molecule has 6 heteroatoms. The monoisotopic (exact) mass is 368 g/mol. The van der Waals surface area contributed by atoms with Crippen molar-refractivity contribution in [2.75, 3.05) is 13.1 Å².